The molecule has 0 amide bonds. The van der Waals surface area contributed by atoms with Gasteiger partial charge in [0.1, 0.15) is 18.1 Å². The van der Waals surface area contributed by atoms with Crippen LogP contribution in [0.25, 0.3) is 16.9 Å². The van der Waals surface area contributed by atoms with Crippen molar-refractivity contribution in [1.29, 1.82) is 0 Å². The predicted molar refractivity (Wildman–Crippen MR) is 106 cm³/mol. The molecule has 1 aliphatic rings. The molecule has 1 aromatic heterocycles. The van der Waals surface area contributed by atoms with Crippen molar-refractivity contribution < 1.29 is 14.4 Å². The highest BCUT2D eigenvalue weighted by molar-refractivity contribution is 5.59. The molecule has 4 rings (SSSR count). The summed E-state index contributed by atoms with van der Waals surface area (Å²) in [6, 6.07) is 13.9. The minimum atomic E-state index is -0.429. The number of aromatic nitrogens is 3. The van der Waals surface area contributed by atoms with Gasteiger partial charge < -0.3 is 9.47 Å². The number of nitro benzene ring substituents is 1. The number of nitrogens with zero attached hydrogens (tertiary/aromatic N) is 5. The molecule has 0 saturated carbocycles. The van der Waals surface area contributed by atoms with E-state index in [4.69, 9.17) is 9.47 Å². The van der Waals surface area contributed by atoms with Crippen molar-refractivity contribution in [3.8, 4) is 22.7 Å². The molecule has 0 spiro atoms. The monoisotopic (exact) mass is 395 g/mol. The summed E-state index contributed by atoms with van der Waals surface area (Å²) < 4.78 is 12.8. The van der Waals surface area contributed by atoms with Crippen LogP contribution in [0.2, 0.25) is 0 Å². The maximum Gasteiger partial charge on any atom is 0.269 e. The summed E-state index contributed by atoms with van der Waals surface area (Å²) in [5.74, 6) is 0.810. The van der Waals surface area contributed by atoms with E-state index in [1.807, 2.05) is 24.3 Å². The number of benzene rings is 2. The largest absolute Gasteiger partial charge is 0.492 e. The SMILES string of the molecule is O=[N+]([O-])c1ccc(-n2cc(-c3ccc(OCCN4CCOCC4)cc3)nn2)cc1. The van der Waals surface area contributed by atoms with E-state index in [9.17, 15) is 10.1 Å². The summed E-state index contributed by atoms with van der Waals surface area (Å²) in [5, 5.41) is 19.1. The Bertz CT molecular complexity index is 950. The summed E-state index contributed by atoms with van der Waals surface area (Å²) in [6.07, 6.45) is 1.79. The summed E-state index contributed by atoms with van der Waals surface area (Å²) >= 11 is 0. The van der Waals surface area contributed by atoms with Crippen LogP contribution in [0.1, 0.15) is 0 Å². The third kappa shape index (κ3) is 4.76. The molecule has 1 fully saturated rings. The lowest BCUT2D eigenvalue weighted by atomic mass is 10.1. The third-order valence-corrected chi connectivity index (χ3v) is 4.75. The van der Waals surface area contributed by atoms with Crippen LogP contribution in [0.15, 0.2) is 54.7 Å². The first-order valence-electron chi connectivity index (χ1n) is 9.39. The molecule has 0 aliphatic carbocycles. The van der Waals surface area contributed by atoms with Gasteiger partial charge in [-0.05, 0) is 36.4 Å². The molecular formula is C20H21N5O4. The summed E-state index contributed by atoms with van der Waals surface area (Å²) in [4.78, 5) is 12.7. The van der Waals surface area contributed by atoms with Crippen molar-refractivity contribution in [1.82, 2.24) is 19.9 Å². The highest BCUT2D eigenvalue weighted by Crippen LogP contribution is 2.22. The number of non-ortho nitro benzene ring substituents is 1. The van der Waals surface area contributed by atoms with E-state index < -0.39 is 4.92 Å². The topological polar surface area (TPSA) is 95.5 Å². The Morgan fingerprint density at radius 3 is 2.48 bits per heavy atom. The van der Waals surface area contributed by atoms with Crippen molar-refractivity contribution in [2.45, 2.75) is 0 Å². The van der Waals surface area contributed by atoms with Crippen LogP contribution in [-0.4, -0.2) is 64.3 Å². The average molecular weight is 395 g/mol. The Morgan fingerprint density at radius 1 is 1.07 bits per heavy atom. The van der Waals surface area contributed by atoms with Crippen LogP contribution in [0.4, 0.5) is 5.69 Å². The van der Waals surface area contributed by atoms with E-state index >= 15 is 0 Å². The summed E-state index contributed by atoms with van der Waals surface area (Å²) in [5.41, 5.74) is 2.37. The van der Waals surface area contributed by atoms with E-state index in [1.165, 1.54) is 12.1 Å². The molecule has 0 atom stereocenters. The molecule has 1 aliphatic heterocycles. The number of hydrogen-bond donors (Lipinski definition) is 0. The number of ether oxygens (including phenoxy) is 2. The van der Waals surface area contributed by atoms with Gasteiger partial charge in [0, 0.05) is 37.3 Å². The van der Waals surface area contributed by atoms with Gasteiger partial charge >= 0.3 is 0 Å². The highest BCUT2D eigenvalue weighted by Gasteiger charge is 2.11. The molecule has 9 nitrogen and oxygen atoms in total. The zero-order valence-corrected chi connectivity index (χ0v) is 15.8. The number of rotatable bonds is 7. The zero-order chi connectivity index (χ0) is 20.1. The number of morpholine rings is 1. The van der Waals surface area contributed by atoms with Gasteiger partial charge in [0.25, 0.3) is 5.69 Å². The van der Waals surface area contributed by atoms with E-state index in [0.717, 1.165) is 44.2 Å². The van der Waals surface area contributed by atoms with Crippen LogP contribution >= 0.6 is 0 Å². The molecule has 9 heteroatoms. The van der Waals surface area contributed by atoms with Crippen LogP contribution in [0.3, 0.4) is 0 Å². The lowest BCUT2D eigenvalue weighted by Crippen LogP contribution is -2.38. The first-order chi connectivity index (χ1) is 14.2. The summed E-state index contributed by atoms with van der Waals surface area (Å²) in [6.45, 7) is 4.99. The second kappa shape index (κ2) is 8.80. The molecule has 3 aromatic rings. The molecule has 29 heavy (non-hydrogen) atoms. The van der Waals surface area contributed by atoms with Gasteiger partial charge in [-0.1, -0.05) is 5.21 Å². The van der Waals surface area contributed by atoms with Crippen molar-refractivity contribution in [3.05, 3.63) is 64.8 Å². The van der Waals surface area contributed by atoms with Gasteiger partial charge in [-0.25, -0.2) is 4.68 Å². The molecule has 0 N–H and O–H groups in total. The second-order valence-electron chi connectivity index (χ2n) is 6.65. The first kappa shape index (κ1) is 19.0. The fourth-order valence-electron chi connectivity index (χ4n) is 3.09. The second-order valence-corrected chi connectivity index (χ2v) is 6.65. The Balaban J connectivity index is 1.36. The van der Waals surface area contributed by atoms with Gasteiger partial charge in [0.2, 0.25) is 0 Å². The average Bonchev–Trinajstić information content (AvgIpc) is 3.25. The van der Waals surface area contributed by atoms with Crippen LogP contribution in [0, 0.1) is 10.1 Å². The third-order valence-electron chi connectivity index (χ3n) is 4.75. The molecule has 2 heterocycles. The fraction of sp³-hybridized carbons (Fsp3) is 0.300. The first-order valence-corrected chi connectivity index (χ1v) is 9.39. The van der Waals surface area contributed by atoms with Gasteiger partial charge in [-0.15, -0.1) is 5.10 Å². The zero-order valence-electron chi connectivity index (χ0n) is 15.8. The smallest absolute Gasteiger partial charge is 0.269 e. The Labute approximate surface area is 167 Å². The Kier molecular flexibility index (Phi) is 5.78. The molecular weight excluding hydrogens is 374 g/mol. The normalized spacial score (nSPS) is 14.6. The summed E-state index contributed by atoms with van der Waals surface area (Å²) in [7, 11) is 0. The van der Waals surface area contributed by atoms with Crippen LogP contribution in [-0.2, 0) is 4.74 Å². The van der Waals surface area contributed by atoms with Gasteiger partial charge in [-0.3, -0.25) is 15.0 Å². The van der Waals surface area contributed by atoms with Crippen molar-refractivity contribution in [2.24, 2.45) is 0 Å². The standard InChI is InChI=1S/C20H21N5O4/c26-25(27)18-5-3-17(4-6-18)24-15-20(21-22-24)16-1-7-19(8-2-16)29-14-11-23-9-12-28-13-10-23/h1-8,15H,9-14H2. The quantitative estimate of drug-likeness (QED) is 0.448. The molecule has 1 saturated heterocycles. The lowest BCUT2D eigenvalue weighted by molar-refractivity contribution is -0.384. The van der Waals surface area contributed by atoms with Gasteiger partial charge in [0.05, 0.1) is 30.0 Å². The lowest BCUT2D eigenvalue weighted by Gasteiger charge is -2.26. The van der Waals surface area contributed by atoms with E-state index in [2.05, 4.69) is 15.2 Å². The molecule has 150 valence electrons. The molecule has 0 radical (unpaired) electrons. The van der Waals surface area contributed by atoms with Crippen LogP contribution < -0.4 is 4.74 Å². The van der Waals surface area contributed by atoms with E-state index in [-0.39, 0.29) is 5.69 Å². The van der Waals surface area contributed by atoms with Crippen molar-refractivity contribution in [2.75, 3.05) is 39.5 Å². The fourth-order valence-corrected chi connectivity index (χ4v) is 3.09. The highest BCUT2D eigenvalue weighted by atomic mass is 16.6. The maximum atomic E-state index is 10.8. The van der Waals surface area contributed by atoms with Gasteiger partial charge in [0.15, 0.2) is 0 Å². The van der Waals surface area contributed by atoms with Crippen molar-refractivity contribution >= 4 is 5.69 Å². The molecule has 2 aromatic carbocycles. The van der Waals surface area contributed by atoms with Crippen LogP contribution in [0.5, 0.6) is 5.75 Å². The minimum absolute atomic E-state index is 0.0401. The minimum Gasteiger partial charge on any atom is -0.492 e. The van der Waals surface area contributed by atoms with Crippen molar-refractivity contribution in [3.63, 3.8) is 0 Å². The van der Waals surface area contributed by atoms with Gasteiger partial charge in [-0.2, -0.15) is 0 Å². The molecule has 0 bridgehead atoms. The Morgan fingerprint density at radius 2 is 1.79 bits per heavy atom. The Hall–Kier alpha value is -3.30. The molecule has 0 unspecified atom stereocenters. The number of hydrogen-bond acceptors (Lipinski definition) is 7. The number of nitro groups is 1. The van der Waals surface area contributed by atoms with E-state index in [0.29, 0.717) is 18.0 Å². The maximum absolute atomic E-state index is 10.8. The van der Waals surface area contributed by atoms with E-state index in [1.54, 1.807) is 23.0 Å². The predicted octanol–water partition coefficient (Wildman–Crippen LogP) is 2.55.